The number of likely N-dealkylation sites (N-methyl/N-ethyl adjacent to an activating group) is 1. The van der Waals surface area contributed by atoms with Crippen LogP contribution in [-0.2, 0) is 0 Å². The van der Waals surface area contributed by atoms with Crippen molar-refractivity contribution in [2.24, 2.45) is 5.92 Å². The summed E-state index contributed by atoms with van der Waals surface area (Å²) in [6.07, 6.45) is 5.64. The van der Waals surface area contributed by atoms with Crippen molar-refractivity contribution in [1.29, 1.82) is 0 Å². The first-order valence-electron chi connectivity index (χ1n) is 6.72. The van der Waals surface area contributed by atoms with Crippen LogP contribution in [0.4, 0.5) is 0 Å². The number of hydrogen-bond acceptors (Lipinski definition) is 2. The van der Waals surface area contributed by atoms with Crippen LogP contribution in [0.3, 0.4) is 0 Å². The molecule has 0 spiro atoms. The van der Waals surface area contributed by atoms with Gasteiger partial charge in [-0.05, 0) is 31.8 Å². The van der Waals surface area contributed by atoms with Crippen LogP contribution in [0.25, 0.3) is 0 Å². The van der Waals surface area contributed by atoms with Crippen molar-refractivity contribution in [3.63, 3.8) is 0 Å². The lowest BCUT2D eigenvalue weighted by atomic mass is 9.87. The van der Waals surface area contributed by atoms with Gasteiger partial charge in [0.2, 0.25) is 0 Å². The molecule has 1 aliphatic rings. The maximum Gasteiger partial charge on any atom is 0.0107 e. The Labute approximate surface area is 95.4 Å². The van der Waals surface area contributed by atoms with Gasteiger partial charge in [0.25, 0.3) is 0 Å². The monoisotopic (exact) mass is 212 g/mol. The second kappa shape index (κ2) is 7.24. The van der Waals surface area contributed by atoms with Crippen molar-refractivity contribution in [3.05, 3.63) is 0 Å². The van der Waals surface area contributed by atoms with Crippen LogP contribution in [0.1, 0.15) is 46.5 Å². The molecule has 1 N–H and O–H groups in total. The predicted octanol–water partition coefficient (Wildman–Crippen LogP) is 2.50. The highest BCUT2D eigenvalue weighted by Gasteiger charge is 2.17. The second-order valence-corrected chi connectivity index (χ2v) is 4.95. The van der Waals surface area contributed by atoms with Crippen LogP contribution >= 0.6 is 0 Å². The van der Waals surface area contributed by atoms with Crippen molar-refractivity contribution in [2.75, 3.05) is 26.2 Å². The van der Waals surface area contributed by atoms with Crippen LogP contribution in [0.5, 0.6) is 0 Å². The molecule has 0 aromatic rings. The van der Waals surface area contributed by atoms with Crippen molar-refractivity contribution in [3.8, 4) is 0 Å². The smallest absolute Gasteiger partial charge is 0.0107 e. The van der Waals surface area contributed by atoms with E-state index < -0.39 is 0 Å². The number of nitrogens with zero attached hydrogens (tertiary/aromatic N) is 1. The molecule has 0 amide bonds. The summed E-state index contributed by atoms with van der Waals surface area (Å²) < 4.78 is 0. The molecule has 2 nitrogen and oxygen atoms in total. The lowest BCUT2D eigenvalue weighted by molar-refractivity contribution is 0.266. The van der Waals surface area contributed by atoms with Crippen LogP contribution in [0.15, 0.2) is 0 Å². The van der Waals surface area contributed by atoms with Gasteiger partial charge < -0.3 is 10.2 Å². The summed E-state index contributed by atoms with van der Waals surface area (Å²) in [7, 11) is 0. The predicted molar refractivity (Wildman–Crippen MR) is 67.2 cm³/mol. The average Bonchev–Trinajstić information content (AvgIpc) is 2.25. The van der Waals surface area contributed by atoms with E-state index in [2.05, 4.69) is 31.0 Å². The highest BCUT2D eigenvalue weighted by atomic mass is 15.1. The van der Waals surface area contributed by atoms with E-state index in [1.165, 1.54) is 51.9 Å². The third-order valence-corrected chi connectivity index (χ3v) is 3.69. The van der Waals surface area contributed by atoms with Gasteiger partial charge in [0, 0.05) is 19.1 Å². The van der Waals surface area contributed by atoms with Crippen molar-refractivity contribution >= 4 is 0 Å². The fourth-order valence-electron chi connectivity index (χ4n) is 2.59. The molecule has 15 heavy (non-hydrogen) atoms. The first-order chi connectivity index (χ1) is 7.26. The average molecular weight is 212 g/mol. The zero-order chi connectivity index (χ0) is 11.1. The largest absolute Gasteiger partial charge is 0.313 e. The Bertz CT molecular complexity index is 155. The third-order valence-electron chi connectivity index (χ3n) is 3.69. The van der Waals surface area contributed by atoms with Gasteiger partial charge in [0.1, 0.15) is 0 Å². The molecule has 0 saturated heterocycles. The fraction of sp³-hybridized carbons (Fsp3) is 1.00. The van der Waals surface area contributed by atoms with Gasteiger partial charge in [-0.25, -0.2) is 0 Å². The molecule has 1 aliphatic carbocycles. The van der Waals surface area contributed by atoms with Gasteiger partial charge in [-0.3, -0.25) is 0 Å². The van der Waals surface area contributed by atoms with E-state index in [-0.39, 0.29) is 0 Å². The molecule has 0 aromatic carbocycles. The SMILES string of the molecule is CCN(CC)CCN[C@@H]1CCC[C@H](C)C1. The molecule has 90 valence electrons. The van der Waals surface area contributed by atoms with Crippen molar-refractivity contribution < 1.29 is 0 Å². The summed E-state index contributed by atoms with van der Waals surface area (Å²) in [5, 5.41) is 3.71. The standard InChI is InChI=1S/C13H28N2/c1-4-15(5-2)10-9-14-13-8-6-7-12(3)11-13/h12-14H,4-11H2,1-3H3/t12-,13+/m0/s1. The molecular formula is C13H28N2. The van der Waals surface area contributed by atoms with E-state index in [9.17, 15) is 0 Å². The van der Waals surface area contributed by atoms with Crippen LogP contribution in [0, 0.1) is 5.92 Å². The Hall–Kier alpha value is -0.0800. The van der Waals surface area contributed by atoms with E-state index in [1.54, 1.807) is 0 Å². The zero-order valence-electron chi connectivity index (χ0n) is 10.8. The second-order valence-electron chi connectivity index (χ2n) is 4.95. The third kappa shape index (κ3) is 4.98. The molecule has 0 unspecified atom stereocenters. The van der Waals surface area contributed by atoms with Gasteiger partial charge in [-0.1, -0.05) is 33.6 Å². The summed E-state index contributed by atoms with van der Waals surface area (Å²) in [6, 6.07) is 0.796. The molecule has 0 radical (unpaired) electrons. The highest BCUT2D eigenvalue weighted by molar-refractivity contribution is 4.76. The van der Waals surface area contributed by atoms with Crippen LogP contribution in [0.2, 0.25) is 0 Å². The maximum atomic E-state index is 3.71. The topological polar surface area (TPSA) is 15.3 Å². The zero-order valence-corrected chi connectivity index (χ0v) is 10.8. The quantitative estimate of drug-likeness (QED) is 0.728. The van der Waals surface area contributed by atoms with Crippen LogP contribution < -0.4 is 5.32 Å². The van der Waals surface area contributed by atoms with Gasteiger partial charge >= 0.3 is 0 Å². The Balaban J connectivity index is 2.08. The first kappa shape index (κ1) is 13.0. The van der Waals surface area contributed by atoms with Crippen molar-refractivity contribution in [1.82, 2.24) is 10.2 Å². The highest BCUT2D eigenvalue weighted by Crippen LogP contribution is 2.23. The first-order valence-corrected chi connectivity index (χ1v) is 6.72. The summed E-state index contributed by atoms with van der Waals surface area (Å²) in [5.74, 6) is 0.935. The molecule has 0 aliphatic heterocycles. The van der Waals surface area contributed by atoms with Gasteiger partial charge in [0.15, 0.2) is 0 Å². The lowest BCUT2D eigenvalue weighted by Gasteiger charge is -2.28. The number of hydrogen-bond donors (Lipinski definition) is 1. The lowest BCUT2D eigenvalue weighted by Crippen LogP contribution is -2.39. The Morgan fingerprint density at radius 1 is 1.20 bits per heavy atom. The van der Waals surface area contributed by atoms with Crippen LogP contribution in [-0.4, -0.2) is 37.1 Å². The normalized spacial score (nSPS) is 27.2. The Morgan fingerprint density at radius 3 is 2.53 bits per heavy atom. The molecule has 1 saturated carbocycles. The molecule has 2 heteroatoms. The summed E-state index contributed by atoms with van der Waals surface area (Å²) in [4.78, 5) is 2.49. The van der Waals surface area contributed by atoms with E-state index in [1.807, 2.05) is 0 Å². The van der Waals surface area contributed by atoms with E-state index in [4.69, 9.17) is 0 Å². The summed E-state index contributed by atoms with van der Waals surface area (Å²) in [6.45, 7) is 11.6. The number of nitrogens with one attached hydrogen (secondary N) is 1. The van der Waals surface area contributed by atoms with Gasteiger partial charge in [0.05, 0.1) is 0 Å². The minimum atomic E-state index is 0.796. The van der Waals surface area contributed by atoms with Gasteiger partial charge in [-0.15, -0.1) is 0 Å². The van der Waals surface area contributed by atoms with E-state index in [0.29, 0.717) is 0 Å². The van der Waals surface area contributed by atoms with E-state index in [0.717, 1.165) is 12.0 Å². The van der Waals surface area contributed by atoms with Gasteiger partial charge in [-0.2, -0.15) is 0 Å². The maximum absolute atomic E-state index is 3.71. The fourth-order valence-corrected chi connectivity index (χ4v) is 2.59. The molecule has 0 aromatic heterocycles. The number of rotatable bonds is 6. The Morgan fingerprint density at radius 2 is 1.93 bits per heavy atom. The minimum absolute atomic E-state index is 0.796. The summed E-state index contributed by atoms with van der Waals surface area (Å²) >= 11 is 0. The molecular weight excluding hydrogens is 184 g/mol. The minimum Gasteiger partial charge on any atom is -0.313 e. The van der Waals surface area contributed by atoms with Crippen molar-refractivity contribution in [2.45, 2.75) is 52.5 Å². The molecule has 1 fully saturated rings. The Kier molecular flexibility index (Phi) is 6.26. The molecule has 0 heterocycles. The molecule has 1 rings (SSSR count). The summed E-state index contributed by atoms with van der Waals surface area (Å²) in [5.41, 5.74) is 0. The van der Waals surface area contributed by atoms with E-state index >= 15 is 0 Å². The molecule has 2 atom stereocenters. The molecule has 0 bridgehead atoms.